The summed E-state index contributed by atoms with van der Waals surface area (Å²) in [5, 5.41) is 0. The monoisotopic (exact) mass is 384 g/mol. The molecule has 1 aliphatic carbocycles. The van der Waals surface area contributed by atoms with Crippen molar-refractivity contribution in [3.8, 4) is 0 Å². The lowest BCUT2D eigenvalue weighted by Crippen LogP contribution is -1.96. The summed E-state index contributed by atoms with van der Waals surface area (Å²) in [6, 6.07) is 0. The van der Waals surface area contributed by atoms with Crippen LogP contribution in [0, 0.1) is 0 Å². The minimum Gasteiger partial charge on any atom is -0.123 e. The minimum absolute atomic E-state index is 1.27. The van der Waals surface area contributed by atoms with E-state index in [1.807, 2.05) is 41.2 Å². The van der Waals surface area contributed by atoms with Crippen LogP contribution in [0.25, 0.3) is 0 Å². The van der Waals surface area contributed by atoms with Crippen LogP contribution in [0.15, 0.2) is 29.4 Å². The van der Waals surface area contributed by atoms with E-state index in [0.717, 1.165) is 0 Å². The molecule has 0 aromatic carbocycles. The van der Waals surface area contributed by atoms with Gasteiger partial charge in [-0.25, -0.2) is 0 Å². The van der Waals surface area contributed by atoms with Gasteiger partial charge in [0, 0.05) is 48.2 Å². The van der Waals surface area contributed by atoms with Gasteiger partial charge in [-0.3, -0.25) is 0 Å². The molecule has 0 radical (unpaired) electrons. The zero-order valence-corrected chi connectivity index (χ0v) is 15.6. The molecule has 0 amide bonds. The lowest BCUT2D eigenvalue weighted by atomic mass is 10.3. The van der Waals surface area contributed by atoms with Gasteiger partial charge in [-0.2, -0.15) is 0 Å². The number of hydrogen-bond acceptors (Lipinski definition) is 8. The van der Waals surface area contributed by atoms with E-state index in [9.17, 15) is 0 Å². The quantitative estimate of drug-likeness (QED) is 0.441. The second kappa shape index (κ2) is 6.02. The van der Waals surface area contributed by atoms with Crippen LogP contribution in [0.5, 0.6) is 0 Å². The normalized spacial score (nSPS) is 28.0. The van der Waals surface area contributed by atoms with Crippen molar-refractivity contribution >= 4 is 88.3 Å². The molecule has 0 aromatic heterocycles. The van der Waals surface area contributed by atoms with Crippen LogP contribution in [0.3, 0.4) is 0 Å². The van der Waals surface area contributed by atoms with Gasteiger partial charge in [-0.1, -0.05) is 0 Å². The fourth-order valence-corrected chi connectivity index (χ4v) is 15.3. The highest BCUT2D eigenvalue weighted by Gasteiger charge is 2.37. The van der Waals surface area contributed by atoms with Crippen LogP contribution in [0.2, 0.25) is 0 Å². The minimum atomic E-state index is 1.27. The van der Waals surface area contributed by atoms with Crippen molar-refractivity contribution in [2.75, 3.05) is 23.0 Å². The third-order valence-corrected chi connectivity index (χ3v) is 14.8. The molecule has 1 saturated heterocycles. The van der Waals surface area contributed by atoms with Crippen molar-refractivity contribution in [3.63, 3.8) is 0 Å². The van der Waals surface area contributed by atoms with E-state index in [2.05, 4.69) is 47.0 Å². The van der Waals surface area contributed by atoms with E-state index >= 15 is 0 Å². The number of thioether (sulfide) groups is 4. The fraction of sp³-hybridized carbons (Fsp3) is 0.400. The van der Waals surface area contributed by atoms with Gasteiger partial charge in [0.05, 0.1) is 4.24 Å². The third-order valence-electron chi connectivity index (χ3n) is 2.68. The van der Waals surface area contributed by atoms with Crippen molar-refractivity contribution in [2.24, 2.45) is 0 Å². The highest BCUT2D eigenvalue weighted by Crippen LogP contribution is 2.67. The Bertz CT molecular complexity index is 446. The van der Waals surface area contributed by atoms with Gasteiger partial charge < -0.3 is 0 Å². The summed E-state index contributed by atoms with van der Waals surface area (Å²) >= 11 is 8.33. The molecule has 18 heavy (non-hydrogen) atoms. The second-order valence-electron chi connectivity index (χ2n) is 3.68. The van der Waals surface area contributed by atoms with Crippen LogP contribution >= 0.6 is 88.3 Å². The van der Waals surface area contributed by atoms with E-state index in [1.165, 1.54) is 27.2 Å². The molecule has 96 valence electrons. The predicted molar refractivity (Wildman–Crippen MR) is 101 cm³/mol. The zero-order chi connectivity index (χ0) is 11.9. The first-order valence-corrected chi connectivity index (χ1v) is 14.1. The van der Waals surface area contributed by atoms with Crippen molar-refractivity contribution < 1.29 is 0 Å². The molecular weight excluding hydrogens is 377 g/mol. The topological polar surface area (TPSA) is 0 Å². The first-order valence-electron chi connectivity index (χ1n) is 5.38. The van der Waals surface area contributed by atoms with E-state index in [4.69, 9.17) is 0 Å². The summed E-state index contributed by atoms with van der Waals surface area (Å²) in [7, 11) is 7.74. The molecule has 0 spiro atoms. The predicted octanol–water partition coefficient (Wildman–Crippen LogP) is 6.29. The molecule has 1 fully saturated rings. The van der Waals surface area contributed by atoms with E-state index in [0.29, 0.717) is 0 Å². The van der Waals surface area contributed by atoms with Crippen molar-refractivity contribution in [1.82, 2.24) is 0 Å². The molecule has 0 atom stereocenters. The summed E-state index contributed by atoms with van der Waals surface area (Å²) in [6.07, 6.45) is 0. The van der Waals surface area contributed by atoms with Gasteiger partial charge >= 0.3 is 0 Å². The van der Waals surface area contributed by atoms with Crippen LogP contribution in [0.1, 0.15) is 0 Å². The smallest absolute Gasteiger partial charge is 0.0732 e. The number of fused-ring (bicyclic) bond motifs is 1. The molecule has 4 rings (SSSR count). The van der Waals surface area contributed by atoms with Crippen LogP contribution in [0.4, 0.5) is 0 Å². The molecule has 0 bridgehead atoms. The van der Waals surface area contributed by atoms with E-state index < -0.39 is 0 Å². The van der Waals surface area contributed by atoms with Gasteiger partial charge in [0.2, 0.25) is 0 Å². The number of rotatable bonds is 0. The molecule has 0 aromatic rings. The summed E-state index contributed by atoms with van der Waals surface area (Å²) in [5.74, 6) is 5.09. The first-order chi connectivity index (χ1) is 8.95. The Morgan fingerprint density at radius 2 is 1.00 bits per heavy atom. The SMILES string of the molecule is C1CSC2=C(S1)C1=C(SCCS1)C2=C1SSSS1. The maximum Gasteiger partial charge on any atom is 0.0732 e. The lowest BCUT2D eigenvalue weighted by Gasteiger charge is -2.16. The maximum absolute atomic E-state index is 2.08. The standard InChI is InChI=1S/C10H8S8/c1-3-13-8-6(11-1)5(10-15-17-18-16-10)7-9(8)14-4-2-12-7/h1-4H2. The zero-order valence-electron chi connectivity index (χ0n) is 9.09. The van der Waals surface area contributed by atoms with Gasteiger partial charge in [0.25, 0.3) is 0 Å². The van der Waals surface area contributed by atoms with Gasteiger partial charge in [0.15, 0.2) is 0 Å². The van der Waals surface area contributed by atoms with Crippen LogP contribution < -0.4 is 0 Å². The average molecular weight is 385 g/mol. The molecular formula is C10H8S8. The van der Waals surface area contributed by atoms with Gasteiger partial charge in [-0.15, -0.1) is 47.0 Å². The van der Waals surface area contributed by atoms with Crippen LogP contribution in [-0.4, -0.2) is 23.0 Å². The summed E-state index contributed by atoms with van der Waals surface area (Å²) < 4.78 is 1.53. The molecule has 3 aliphatic heterocycles. The molecule has 0 nitrogen and oxygen atoms in total. The van der Waals surface area contributed by atoms with Crippen LogP contribution in [-0.2, 0) is 0 Å². The summed E-state index contributed by atoms with van der Waals surface area (Å²) in [4.78, 5) is 6.39. The molecule has 0 N–H and O–H groups in total. The number of allylic oxidation sites excluding steroid dienone is 2. The van der Waals surface area contributed by atoms with Gasteiger partial charge in [0.1, 0.15) is 0 Å². The highest BCUT2D eigenvalue weighted by atomic mass is 33.7. The Morgan fingerprint density at radius 1 is 0.556 bits per heavy atom. The van der Waals surface area contributed by atoms with E-state index in [-0.39, 0.29) is 0 Å². The first kappa shape index (κ1) is 13.7. The van der Waals surface area contributed by atoms with Gasteiger partial charge in [-0.05, 0) is 41.2 Å². The molecule has 0 unspecified atom stereocenters. The van der Waals surface area contributed by atoms with Crippen molar-refractivity contribution in [2.45, 2.75) is 0 Å². The van der Waals surface area contributed by atoms with Crippen molar-refractivity contribution in [3.05, 3.63) is 29.4 Å². The second-order valence-corrected chi connectivity index (χ2v) is 14.0. The lowest BCUT2D eigenvalue weighted by molar-refractivity contribution is 1.53. The Balaban J connectivity index is 1.87. The fourth-order valence-electron chi connectivity index (χ4n) is 2.02. The molecule has 0 saturated carbocycles. The Hall–Kier alpha value is 2.02. The molecule has 4 aliphatic rings. The van der Waals surface area contributed by atoms with E-state index in [1.54, 1.807) is 25.2 Å². The largest absolute Gasteiger partial charge is 0.123 e. The Labute approximate surface area is 139 Å². The Morgan fingerprint density at radius 3 is 1.50 bits per heavy atom. The number of hydrogen-bond donors (Lipinski definition) is 0. The maximum atomic E-state index is 2.08. The Kier molecular flexibility index (Phi) is 4.57. The highest BCUT2D eigenvalue weighted by molar-refractivity contribution is 9.32. The average Bonchev–Trinajstić information content (AvgIpc) is 3.03. The molecule has 3 heterocycles. The summed E-state index contributed by atoms with van der Waals surface area (Å²) in [6.45, 7) is 0. The molecule has 8 heteroatoms. The third kappa shape index (κ3) is 2.36. The summed E-state index contributed by atoms with van der Waals surface area (Å²) in [5.41, 5.74) is 1.59. The van der Waals surface area contributed by atoms with Crippen molar-refractivity contribution in [1.29, 1.82) is 0 Å².